The minimum atomic E-state index is -1.62. The average Bonchev–Trinajstić information content (AvgIpc) is 3.62. The summed E-state index contributed by atoms with van der Waals surface area (Å²) < 4.78 is 60.3. The molecule has 75 heavy (non-hydrogen) atoms. The van der Waals surface area contributed by atoms with Crippen LogP contribution in [-0.2, 0) is 41.6 Å². The summed E-state index contributed by atoms with van der Waals surface area (Å²) in [5.74, 6) is 2.65. The van der Waals surface area contributed by atoms with Gasteiger partial charge < -0.3 is 34.9 Å². The Morgan fingerprint density at radius 2 is 1.56 bits per heavy atom. The standard InChI is InChI=1S/C55H66ClF3N8O8/c1-54(2,32-57)42(24-49(69)73-5)51(70)64-66(28-41-43(56)22-37(23-44(41)59)45-9-7-8-20-60-45)29-47(68)46(62-52(71)50(55(3,4)33-58)63-53(72)74-6)21-35-13-10-34(11-14-35)12-15-36-16-19-48(61-25-36)65-26-38-17-18-39(27-65)67(38)40-30-75-31-40/h7-11,13-14,16,19-20,22-23,25,38-40,42,46-47,50,68H,17-18,21,24,26-33H2,1-6H3,(H,62,71)(H,63,72)(H,64,70)/t38?,39?,42-,46+,47+,50-/m1/s1. The van der Waals surface area contributed by atoms with Gasteiger partial charge in [-0.1, -0.05) is 69.3 Å². The van der Waals surface area contributed by atoms with Crippen molar-refractivity contribution >= 4 is 41.3 Å². The Kier molecular flexibility index (Phi) is 18.8. The van der Waals surface area contributed by atoms with Crippen LogP contribution in [0.1, 0.15) is 69.2 Å². The molecule has 4 N–H and O–H groups in total. The van der Waals surface area contributed by atoms with E-state index in [1.54, 1.807) is 48.7 Å². The summed E-state index contributed by atoms with van der Waals surface area (Å²) in [5.41, 5.74) is 2.49. The van der Waals surface area contributed by atoms with Gasteiger partial charge in [0.25, 0.3) is 0 Å². The Morgan fingerprint density at radius 3 is 2.13 bits per heavy atom. The number of nitrogens with one attached hydrogen (secondary N) is 3. The highest BCUT2D eigenvalue weighted by atomic mass is 35.5. The number of benzene rings is 2. The Balaban J connectivity index is 1.14. The molecule has 2 bridgehead atoms. The van der Waals surface area contributed by atoms with Gasteiger partial charge in [-0.15, -0.1) is 0 Å². The molecular formula is C55H66ClF3N8O8. The van der Waals surface area contributed by atoms with E-state index in [2.05, 4.69) is 42.7 Å². The van der Waals surface area contributed by atoms with Crippen LogP contribution in [-0.4, -0.2) is 146 Å². The van der Waals surface area contributed by atoms with Crippen LogP contribution in [0.15, 0.2) is 79.1 Å². The maximum absolute atomic E-state index is 16.2. The molecule has 20 heteroatoms. The maximum Gasteiger partial charge on any atom is 0.407 e. The van der Waals surface area contributed by atoms with E-state index in [0.717, 1.165) is 56.9 Å². The lowest BCUT2D eigenvalue weighted by Crippen LogP contribution is -2.62. The van der Waals surface area contributed by atoms with Gasteiger partial charge in [0, 0.05) is 88.8 Å². The SMILES string of the molecule is COC(=O)C[C@H](C(=O)NN(Cc1c(F)cc(-c2ccccn2)cc1Cl)C[C@H](O)[C@H](Cc1ccc(C#Cc2ccc(N3CC4CCC(C3)N4C3COC3)nc2)cc1)NC(=O)[C@@H](NC(=O)OC)C(C)(C)CF)C(C)(C)CF. The fourth-order valence-corrected chi connectivity index (χ4v) is 10.0. The van der Waals surface area contributed by atoms with Crippen molar-refractivity contribution in [3.63, 3.8) is 0 Å². The van der Waals surface area contributed by atoms with Crippen molar-refractivity contribution in [2.75, 3.05) is 65.3 Å². The number of alkyl halides is 2. The second-order valence-corrected chi connectivity index (χ2v) is 21.2. The Bertz CT molecular complexity index is 2650. The number of fused-ring (bicyclic) bond motifs is 2. The van der Waals surface area contributed by atoms with Crippen molar-refractivity contribution in [2.24, 2.45) is 16.7 Å². The van der Waals surface area contributed by atoms with Gasteiger partial charge in [0.2, 0.25) is 11.8 Å². The van der Waals surface area contributed by atoms with E-state index < -0.39 is 97.5 Å². The Hall–Kier alpha value is -6.30. The van der Waals surface area contributed by atoms with Crippen LogP contribution in [0.4, 0.5) is 23.8 Å². The topological polar surface area (TPSA) is 188 Å². The number of pyridine rings is 2. The van der Waals surface area contributed by atoms with Gasteiger partial charge in [-0.05, 0) is 73.4 Å². The van der Waals surface area contributed by atoms with Crippen molar-refractivity contribution < 1.29 is 51.7 Å². The molecule has 2 aromatic carbocycles. The normalized spacial score (nSPS) is 18.4. The van der Waals surface area contributed by atoms with Crippen LogP contribution in [0.3, 0.4) is 0 Å². The monoisotopic (exact) mass is 1060 g/mol. The molecule has 0 saturated carbocycles. The summed E-state index contributed by atoms with van der Waals surface area (Å²) in [6, 6.07) is 17.6. The average molecular weight is 1060 g/mol. The van der Waals surface area contributed by atoms with E-state index >= 15 is 4.39 Å². The highest BCUT2D eigenvalue weighted by Crippen LogP contribution is 2.36. The van der Waals surface area contributed by atoms with Gasteiger partial charge in [0.05, 0.1) is 77.0 Å². The molecule has 0 aliphatic carbocycles. The number of aliphatic hydroxyl groups excluding tert-OH is 1. The lowest BCUT2D eigenvalue weighted by molar-refractivity contribution is -0.148. The maximum atomic E-state index is 16.2. The number of carbonyl (C=O) groups is 4. The van der Waals surface area contributed by atoms with Crippen molar-refractivity contribution in [2.45, 2.75) is 96.2 Å². The number of ether oxygens (including phenoxy) is 3. The summed E-state index contributed by atoms with van der Waals surface area (Å²) in [4.78, 5) is 67.5. The highest BCUT2D eigenvalue weighted by molar-refractivity contribution is 6.31. The van der Waals surface area contributed by atoms with Crippen LogP contribution in [0.2, 0.25) is 5.02 Å². The van der Waals surface area contributed by atoms with Crippen LogP contribution < -0.4 is 21.0 Å². The molecule has 6 atom stereocenters. The number of amides is 3. The number of methoxy groups -OCH3 is 2. The first-order valence-electron chi connectivity index (χ1n) is 25.0. The number of esters is 1. The third-order valence-corrected chi connectivity index (χ3v) is 14.7. The van der Waals surface area contributed by atoms with E-state index in [9.17, 15) is 33.1 Å². The van der Waals surface area contributed by atoms with Crippen LogP contribution in [0, 0.1) is 34.4 Å². The van der Waals surface area contributed by atoms with E-state index in [4.69, 9.17) is 30.8 Å². The molecule has 16 nitrogen and oxygen atoms in total. The Labute approximate surface area is 441 Å². The molecule has 3 aliphatic rings. The molecule has 0 radical (unpaired) electrons. The van der Waals surface area contributed by atoms with Crippen molar-refractivity contribution in [3.05, 3.63) is 112 Å². The van der Waals surface area contributed by atoms with Crippen molar-refractivity contribution in [1.82, 2.24) is 35.9 Å². The second-order valence-electron chi connectivity index (χ2n) is 20.8. The molecule has 402 valence electrons. The zero-order chi connectivity index (χ0) is 54.0. The first-order chi connectivity index (χ1) is 35.8. The van der Waals surface area contributed by atoms with E-state index in [1.807, 2.05) is 12.1 Å². The summed E-state index contributed by atoms with van der Waals surface area (Å²) >= 11 is 6.73. The van der Waals surface area contributed by atoms with Gasteiger partial charge in [0.15, 0.2) is 0 Å². The zero-order valence-electron chi connectivity index (χ0n) is 43.1. The summed E-state index contributed by atoms with van der Waals surface area (Å²) in [7, 11) is 2.22. The molecule has 3 fully saturated rings. The van der Waals surface area contributed by atoms with Crippen LogP contribution in [0.5, 0.6) is 0 Å². The summed E-state index contributed by atoms with van der Waals surface area (Å²) in [6.07, 6.45) is 2.46. The molecule has 3 saturated heterocycles. The minimum Gasteiger partial charge on any atom is -0.469 e. The van der Waals surface area contributed by atoms with E-state index in [1.165, 1.54) is 58.9 Å². The third kappa shape index (κ3) is 14.2. The molecule has 7 rings (SSSR count). The molecule has 4 aromatic rings. The zero-order valence-corrected chi connectivity index (χ0v) is 43.8. The fraction of sp³-hybridized carbons (Fsp3) is 0.491. The fourth-order valence-electron chi connectivity index (χ4n) is 9.73. The minimum absolute atomic E-state index is 0.0536. The van der Waals surface area contributed by atoms with Gasteiger partial charge in [-0.25, -0.2) is 19.2 Å². The van der Waals surface area contributed by atoms with Crippen molar-refractivity contribution in [3.8, 4) is 23.1 Å². The molecule has 0 spiro atoms. The number of alkyl carbamates (subject to hydrolysis) is 1. The van der Waals surface area contributed by atoms with E-state index in [0.29, 0.717) is 40.5 Å². The van der Waals surface area contributed by atoms with Crippen LogP contribution in [0.25, 0.3) is 11.3 Å². The number of nitrogens with zero attached hydrogens (tertiary/aromatic N) is 5. The first kappa shape index (κ1) is 56.4. The summed E-state index contributed by atoms with van der Waals surface area (Å²) in [5, 5.41) is 18.5. The number of aliphatic hydroxyl groups is 1. The number of carbonyl (C=O) groups excluding carboxylic acids is 4. The number of hydrazine groups is 1. The molecular weight excluding hydrogens is 993 g/mol. The number of aromatic nitrogens is 2. The second kappa shape index (κ2) is 25.0. The molecule has 3 amide bonds. The van der Waals surface area contributed by atoms with Crippen molar-refractivity contribution in [1.29, 1.82) is 0 Å². The molecule has 3 aliphatic heterocycles. The van der Waals surface area contributed by atoms with Gasteiger partial charge in [-0.2, -0.15) is 0 Å². The van der Waals surface area contributed by atoms with E-state index in [-0.39, 0.29) is 17.0 Å². The number of hydrogen-bond donors (Lipinski definition) is 4. The largest absolute Gasteiger partial charge is 0.469 e. The smallest absolute Gasteiger partial charge is 0.407 e. The number of anilines is 1. The van der Waals surface area contributed by atoms with Crippen LogP contribution >= 0.6 is 11.6 Å². The number of piperazine rings is 1. The van der Waals surface area contributed by atoms with Gasteiger partial charge in [0.1, 0.15) is 17.7 Å². The van der Waals surface area contributed by atoms with Gasteiger partial charge in [-0.3, -0.25) is 38.5 Å². The number of rotatable bonds is 21. The lowest BCUT2D eigenvalue weighted by atomic mass is 9.77. The molecule has 5 heterocycles. The molecule has 2 unspecified atom stereocenters. The quantitative estimate of drug-likeness (QED) is 0.0420. The predicted octanol–water partition coefficient (Wildman–Crippen LogP) is 6.20. The Morgan fingerprint density at radius 1 is 0.880 bits per heavy atom. The number of halogens is 4. The lowest BCUT2D eigenvalue weighted by Gasteiger charge is -2.47. The third-order valence-electron chi connectivity index (χ3n) is 14.4. The van der Waals surface area contributed by atoms with Gasteiger partial charge >= 0.3 is 12.1 Å². The highest BCUT2D eigenvalue weighted by Gasteiger charge is 2.46. The first-order valence-corrected chi connectivity index (χ1v) is 25.3. The molecule has 2 aromatic heterocycles. The summed E-state index contributed by atoms with van der Waals surface area (Å²) in [6.45, 7) is 6.19. The predicted molar refractivity (Wildman–Crippen MR) is 276 cm³/mol. The number of hydrogen-bond acceptors (Lipinski definition) is 13.